The molecule has 124 valence electrons. The Kier molecular flexibility index (Phi) is 4.72. The Morgan fingerprint density at radius 1 is 1.39 bits per heavy atom. The summed E-state index contributed by atoms with van der Waals surface area (Å²) >= 11 is 6.05. The molecule has 23 heavy (non-hydrogen) atoms. The highest BCUT2D eigenvalue weighted by Gasteiger charge is 2.26. The highest BCUT2D eigenvalue weighted by atomic mass is 35.5. The summed E-state index contributed by atoms with van der Waals surface area (Å²) in [5.41, 5.74) is 2.22. The SMILES string of the molecule is CS(=O)(=O)NCC1CN(Cc2cccc(Cl)c2)Cc2ccnn21. The molecule has 0 bridgehead atoms. The fourth-order valence-electron chi connectivity index (χ4n) is 2.88. The number of fused-ring (bicyclic) bond motifs is 1. The van der Waals surface area contributed by atoms with Gasteiger partial charge in [-0.25, -0.2) is 13.1 Å². The van der Waals surface area contributed by atoms with Gasteiger partial charge in [-0.15, -0.1) is 0 Å². The molecule has 0 saturated heterocycles. The number of nitrogens with zero attached hydrogens (tertiary/aromatic N) is 3. The summed E-state index contributed by atoms with van der Waals surface area (Å²) in [6, 6.07) is 9.74. The Balaban J connectivity index is 1.74. The van der Waals surface area contributed by atoms with E-state index in [4.69, 9.17) is 11.6 Å². The van der Waals surface area contributed by atoms with Crippen molar-refractivity contribution in [3.05, 3.63) is 52.8 Å². The summed E-state index contributed by atoms with van der Waals surface area (Å²) in [6.07, 6.45) is 2.93. The van der Waals surface area contributed by atoms with Crippen molar-refractivity contribution in [1.82, 2.24) is 19.4 Å². The van der Waals surface area contributed by atoms with Crippen molar-refractivity contribution < 1.29 is 8.42 Å². The molecule has 6 nitrogen and oxygen atoms in total. The van der Waals surface area contributed by atoms with Crippen molar-refractivity contribution in [3.63, 3.8) is 0 Å². The minimum atomic E-state index is -3.22. The first-order chi connectivity index (χ1) is 10.9. The second-order valence-electron chi connectivity index (χ2n) is 5.84. The van der Waals surface area contributed by atoms with Crippen LogP contribution in [0.1, 0.15) is 17.3 Å². The number of nitrogens with one attached hydrogen (secondary N) is 1. The Morgan fingerprint density at radius 3 is 2.96 bits per heavy atom. The Morgan fingerprint density at radius 2 is 2.22 bits per heavy atom. The fourth-order valence-corrected chi connectivity index (χ4v) is 3.59. The first-order valence-electron chi connectivity index (χ1n) is 7.34. The molecule has 1 aromatic heterocycles. The van der Waals surface area contributed by atoms with E-state index in [1.807, 2.05) is 35.0 Å². The van der Waals surface area contributed by atoms with Gasteiger partial charge in [0, 0.05) is 37.4 Å². The second-order valence-corrected chi connectivity index (χ2v) is 8.11. The molecule has 1 atom stereocenters. The first-order valence-corrected chi connectivity index (χ1v) is 9.61. The zero-order valence-corrected chi connectivity index (χ0v) is 14.4. The third-order valence-electron chi connectivity index (χ3n) is 3.83. The van der Waals surface area contributed by atoms with Gasteiger partial charge in [0.25, 0.3) is 0 Å². The molecule has 0 saturated carbocycles. The number of rotatable bonds is 5. The molecule has 0 spiro atoms. The minimum Gasteiger partial charge on any atom is -0.291 e. The van der Waals surface area contributed by atoms with E-state index in [2.05, 4.69) is 14.7 Å². The van der Waals surface area contributed by atoms with Crippen LogP contribution in [0, 0.1) is 0 Å². The third kappa shape index (κ3) is 4.32. The van der Waals surface area contributed by atoms with Gasteiger partial charge in [0.05, 0.1) is 18.0 Å². The van der Waals surface area contributed by atoms with E-state index in [1.165, 1.54) is 6.26 Å². The molecule has 2 aromatic rings. The first kappa shape index (κ1) is 16.4. The van der Waals surface area contributed by atoms with Crippen LogP contribution in [-0.2, 0) is 23.1 Å². The van der Waals surface area contributed by atoms with E-state index in [0.717, 1.165) is 35.9 Å². The van der Waals surface area contributed by atoms with Crippen LogP contribution in [0.2, 0.25) is 5.02 Å². The van der Waals surface area contributed by atoms with Crippen molar-refractivity contribution in [1.29, 1.82) is 0 Å². The molecule has 2 heterocycles. The summed E-state index contributed by atoms with van der Waals surface area (Å²) in [7, 11) is -3.22. The molecule has 0 radical (unpaired) electrons. The standard InChI is InChI=1S/C15H19ClN4O2S/c1-23(21,22)18-8-15-11-19(10-14-5-6-17-20(14)15)9-12-3-2-4-13(16)7-12/h2-7,15,18H,8-11H2,1H3. The van der Waals surface area contributed by atoms with Crippen LogP contribution < -0.4 is 4.72 Å². The van der Waals surface area contributed by atoms with Crippen LogP contribution in [0.5, 0.6) is 0 Å². The van der Waals surface area contributed by atoms with E-state index < -0.39 is 10.0 Å². The molecule has 1 aromatic carbocycles. The Bertz CT molecular complexity index is 790. The zero-order valence-electron chi connectivity index (χ0n) is 12.8. The molecule has 8 heteroatoms. The van der Waals surface area contributed by atoms with Crippen molar-refractivity contribution in [2.75, 3.05) is 19.3 Å². The molecule has 1 unspecified atom stereocenters. The lowest BCUT2D eigenvalue weighted by atomic mass is 10.1. The maximum Gasteiger partial charge on any atom is 0.208 e. The van der Waals surface area contributed by atoms with Crippen LogP contribution in [0.3, 0.4) is 0 Å². The lowest BCUT2D eigenvalue weighted by molar-refractivity contribution is 0.168. The topological polar surface area (TPSA) is 67.2 Å². The maximum absolute atomic E-state index is 11.4. The van der Waals surface area contributed by atoms with Gasteiger partial charge in [0.2, 0.25) is 10.0 Å². The predicted octanol–water partition coefficient (Wildman–Crippen LogP) is 1.64. The van der Waals surface area contributed by atoms with Gasteiger partial charge >= 0.3 is 0 Å². The monoisotopic (exact) mass is 354 g/mol. The molecular weight excluding hydrogens is 336 g/mol. The largest absolute Gasteiger partial charge is 0.291 e. The Labute approximate surface area is 141 Å². The average molecular weight is 355 g/mol. The Hall–Kier alpha value is -1.41. The highest BCUT2D eigenvalue weighted by molar-refractivity contribution is 7.88. The number of benzene rings is 1. The number of halogens is 1. The second kappa shape index (κ2) is 6.60. The van der Waals surface area contributed by atoms with Crippen LogP contribution in [0.4, 0.5) is 0 Å². The van der Waals surface area contributed by atoms with Crippen molar-refractivity contribution in [3.8, 4) is 0 Å². The molecule has 1 N–H and O–H groups in total. The average Bonchev–Trinajstić information content (AvgIpc) is 2.92. The van der Waals surface area contributed by atoms with Gasteiger partial charge in [-0.05, 0) is 23.8 Å². The van der Waals surface area contributed by atoms with Crippen molar-refractivity contribution in [2.45, 2.75) is 19.1 Å². The van der Waals surface area contributed by atoms with Gasteiger partial charge in [-0.1, -0.05) is 23.7 Å². The van der Waals surface area contributed by atoms with E-state index in [1.54, 1.807) is 6.20 Å². The van der Waals surface area contributed by atoms with Gasteiger partial charge < -0.3 is 0 Å². The predicted molar refractivity (Wildman–Crippen MR) is 89.7 cm³/mol. The smallest absolute Gasteiger partial charge is 0.208 e. The normalized spacial score (nSPS) is 18.8. The van der Waals surface area contributed by atoms with E-state index in [9.17, 15) is 8.42 Å². The van der Waals surface area contributed by atoms with E-state index in [-0.39, 0.29) is 6.04 Å². The van der Waals surface area contributed by atoms with Crippen molar-refractivity contribution in [2.24, 2.45) is 0 Å². The molecule has 0 amide bonds. The molecule has 0 aliphatic carbocycles. The molecule has 0 fully saturated rings. The summed E-state index contributed by atoms with van der Waals surface area (Å²) in [5.74, 6) is 0. The summed E-state index contributed by atoms with van der Waals surface area (Å²) in [5, 5.41) is 5.05. The minimum absolute atomic E-state index is 0.0253. The fraction of sp³-hybridized carbons (Fsp3) is 0.400. The van der Waals surface area contributed by atoms with Crippen LogP contribution in [-0.4, -0.2) is 42.4 Å². The van der Waals surface area contributed by atoms with Gasteiger partial charge in [0.1, 0.15) is 0 Å². The number of sulfonamides is 1. The number of aromatic nitrogens is 2. The van der Waals surface area contributed by atoms with Crippen LogP contribution >= 0.6 is 11.6 Å². The lowest BCUT2D eigenvalue weighted by Gasteiger charge is -2.34. The van der Waals surface area contributed by atoms with E-state index in [0.29, 0.717) is 6.54 Å². The van der Waals surface area contributed by atoms with Gasteiger partial charge in [-0.2, -0.15) is 5.10 Å². The number of hydrogen-bond donors (Lipinski definition) is 1. The molecule has 1 aliphatic rings. The molecular formula is C15H19ClN4O2S. The summed E-state index contributed by atoms with van der Waals surface area (Å²) in [6.45, 7) is 2.60. The molecule has 1 aliphatic heterocycles. The van der Waals surface area contributed by atoms with Crippen molar-refractivity contribution >= 4 is 21.6 Å². The van der Waals surface area contributed by atoms with Gasteiger partial charge in [-0.3, -0.25) is 9.58 Å². The summed E-state index contributed by atoms with van der Waals surface area (Å²) in [4.78, 5) is 2.28. The van der Waals surface area contributed by atoms with Gasteiger partial charge in [0.15, 0.2) is 0 Å². The van der Waals surface area contributed by atoms with Crippen LogP contribution in [0.25, 0.3) is 0 Å². The zero-order chi connectivity index (χ0) is 16.4. The maximum atomic E-state index is 11.4. The third-order valence-corrected chi connectivity index (χ3v) is 4.76. The quantitative estimate of drug-likeness (QED) is 0.886. The number of hydrogen-bond acceptors (Lipinski definition) is 4. The summed E-state index contributed by atoms with van der Waals surface area (Å²) < 4.78 is 27.2. The van der Waals surface area contributed by atoms with E-state index >= 15 is 0 Å². The highest BCUT2D eigenvalue weighted by Crippen LogP contribution is 2.22. The van der Waals surface area contributed by atoms with Crippen LogP contribution in [0.15, 0.2) is 36.5 Å². The lowest BCUT2D eigenvalue weighted by Crippen LogP contribution is -2.42. The molecule has 3 rings (SSSR count).